The molecule has 0 spiro atoms. The summed E-state index contributed by atoms with van der Waals surface area (Å²) in [7, 11) is -3.66. The number of nitrogens with one attached hydrogen (secondary N) is 1. The summed E-state index contributed by atoms with van der Waals surface area (Å²) >= 11 is 6.34. The summed E-state index contributed by atoms with van der Waals surface area (Å²) in [5.74, 6) is -0.817. The van der Waals surface area contributed by atoms with Crippen molar-refractivity contribution in [3.63, 3.8) is 0 Å². The number of piperazine rings is 1. The Balaban J connectivity index is 1.97. The molecule has 1 N–H and O–H groups in total. The molecule has 9 heteroatoms. The first kappa shape index (κ1) is 26.0. The van der Waals surface area contributed by atoms with Crippen molar-refractivity contribution in [3.05, 3.63) is 28.8 Å². The zero-order valence-corrected chi connectivity index (χ0v) is 21.5. The molecule has 33 heavy (non-hydrogen) atoms. The summed E-state index contributed by atoms with van der Waals surface area (Å²) in [5, 5.41) is 3.65. The molecule has 2 amide bonds. The molecule has 0 bridgehead atoms. The maximum absolute atomic E-state index is 13.7. The van der Waals surface area contributed by atoms with E-state index >= 15 is 0 Å². The minimum absolute atomic E-state index is 0.0239. The van der Waals surface area contributed by atoms with Gasteiger partial charge >= 0.3 is 0 Å². The molecule has 0 aromatic heterocycles. The highest BCUT2D eigenvalue weighted by Gasteiger charge is 2.51. The Hall–Kier alpha value is -1.64. The quantitative estimate of drug-likeness (QED) is 0.643. The van der Waals surface area contributed by atoms with Gasteiger partial charge in [0.25, 0.3) is 0 Å². The van der Waals surface area contributed by atoms with Gasteiger partial charge in [-0.15, -0.1) is 0 Å². The van der Waals surface area contributed by atoms with Crippen LogP contribution >= 0.6 is 11.6 Å². The first-order valence-corrected chi connectivity index (χ1v) is 13.9. The van der Waals surface area contributed by atoms with Crippen LogP contribution in [-0.2, 0) is 19.6 Å². The molecule has 1 aromatic rings. The number of hydrogen-bond donors (Lipinski definition) is 1. The van der Waals surface area contributed by atoms with Crippen molar-refractivity contribution in [3.8, 4) is 0 Å². The van der Waals surface area contributed by atoms with Crippen LogP contribution in [0.5, 0.6) is 0 Å². The number of carbonyl (C=O) groups is 2. The zero-order valence-electron chi connectivity index (χ0n) is 19.9. The lowest BCUT2D eigenvalue weighted by Crippen LogP contribution is -2.71. The van der Waals surface area contributed by atoms with Gasteiger partial charge in [0.15, 0.2) is 0 Å². The van der Waals surface area contributed by atoms with Crippen LogP contribution in [0.2, 0.25) is 5.02 Å². The summed E-state index contributed by atoms with van der Waals surface area (Å²) in [6.07, 6.45) is 7.85. The number of hydrogen-bond acceptors (Lipinski definition) is 4. The Morgan fingerprint density at radius 1 is 1.18 bits per heavy atom. The summed E-state index contributed by atoms with van der Waals surface area (Å²) in [5.41, 5.74) is -0.0342. The standard InChI is InChI=1S/C24H36ClN3O4S/c1-4-14-33(31,32)27-16-22(29)28(20-13-12-18(2)21(25)15-20)24(3,17-27)23(30)26-19-10-8-6-5-7-9-11-19/h12-13,15,19H,4-11,14,16-17H2,1-3H3,(H,26,30). The van der Waals surface area contributed by atoms with Crippen molar-refractivity contribution >= 4 is 39.1 Å². The van der Waals surface area contributed by atoms with Crippen LogP contribution in [0.25, 0.3) is 0 Å². The van der Waals surface area contributed by atoms with Crippen LogP contribution in [0.4, 0.5) is 5.69 Å². The molecule has 1 unspecified atom stereocenters. The van der Waals surface area contributed by atoms with Crippen LogP contribution < -0.4 is 10.2 Å². The molecule has 1 saturated heterocycles. The van der Waals surface area contributed by atoms with E-state index in [1.807, 2.05) is 6.92 Å². The number of aryl methyl sites for hydroxylation is 1. The zero-order chi connectivity index (χ0) is 24.2. The van der Waals surface area contributed by atoms with E-state index in [0.29, 0.717) is 17.1 Å². The molecule has 184 valence electrons. The Morgan fingerprint density at radius 2 is 1.82 bits per heavy atom. The van der Waals surface area contributed by atoms with Crippen LogP contribution in [0, 0.1) is 6.92 Å². The third-order valence-electron chi connectivity index (χ3n) is 6.74. The normalized spacial score (nSPS) is 23.8. The lowest BCUT2D eigenvalue weighted by molar-refractivity contribution is -0.133. The second-order valence-electron chi connectivity index (χ2n) is 9.54. The Morgan fingerprint density at radius 3 is 2.42 bits per heavy atom. The molecule has 2 fully saturated rings. The van der Waals surface area contributed by atoms with Crippen molar-refractivity contribution in [2.75, 3.05) is 23.7 Å². The van der Waals surface area contributed by atoms with Crippen LogP contribution in [0.15, 0.2) is 18.2 Å². The number of amides is 2. The predicted molar refractivity (Wildman–Crippen MR) is 132 cm³/mol. The highest BCUT2D eigenvalue weighted by molar-refractivity contribution is 7.89. The average molecular weight is 498 g/mol. The van der Waals surface area contributed by atoms with E-state index in [4.69, 9.17) is 11.6 Å². The minimum atomic E-state index is -3.66. The second-order valence-corrected chi connectivity index (χ2v) is 12.0. The predicted octanol–water partition coefficient (Wildman–Crippen LogP) is 4.02. The number of sulfonamides is 1. The molecule has 1 heterocycles. The number of rotatable bonds is 6. The molecule has 3 rings (SSSR count). The van der Waals surface area contributed by atoms with Crippen molar-refractivity contribution in [1.29, 1.82) is 0 Å². The summed E-state index contributed by atoms with van der Waals surface area (Å²) in [4.78, 5) is 28.5. The van der Waals surface area contributed by atoms with E-state index in [0.717, 1.165) is 44.1 Å². The topological polar surface area (TPSA) is 86.8 Å². The van der Waals surface area contributed by atoms with Gasteiger partial charge in [0.1, 0.15) is 5.54 Å². The minimum Gasteiger partial charge on any atom is -0.351 e. The number of halogens is 1. The van der Waals surface area contributed by atoms with Gasteiger partial charge in [0.05, 0.1) is 12.3 Å². The number of carbonyl (C=O) groups excluding carboxylic acids is 2. The Labute approximate surface area is 202 Å². The third kappa shape index (κ3) is 5.89. The van der Waals surface area contributed by atoms with Gasteiger partial charge in [-0.3, -0.25) is 14.5 Å². The maximum atomic E-state index is 13.7. The average Bonchev–Trinajstić information content (AvgIpc) is 2.71. The molecule has 2 aliphatic rings. The van der Waals surface area contributed by atoms with E-state index in [1.165, 1.54) is 15.6 Å². The van der Waals surface area contributed by atoms with E-state index in [2.05, 4.69) is 5.32 Å². The van der Waals surface area contributed by atoms with Gasteiger partial charge in [-0.2, -0.15) is 4.31 Å². The van der Waals surface area contributed by atoms with Gasteiger partial charge < -0.3 is 5.32 Å². The smallest absolute Gasteiger partial charge is 0.247 e. The molecular weight excluding hydrogens is 462 g/mol. The third-order valence-corrected chi connectivity index (χ3v) is 9.11. The fourth-order valence-corrected chi connectivity index (χ4v) is 6.52. The van der Waals surface area contributed by atoms with E-state index in [9.17, 15) is 18.0 Å². The molecule has 1 aromatic carbocycles. The lowest BCUT2D eigenvalue weighted by Gasteiger charge is -2.47. The van der Waals surface area contributed by atoms with Crippen molar-refractivity contribution in [1.82, 2.24) is 9.62 Å². The van der Waals surface area contributed by atoms with Gasteiger partial charge in [-0.1, -0.05) is 56.7 Å². The number of anilines is 1. The molecule has 1 saturated carbocycles. The SMILES string of the molecule is CCCS(=O)(=O)N1CC(=O)N(c2ccc(C)c(Cl)c2)C(C)(C(=O)NC2CCCCCCC2)C1. The second kappa shape index (κ2) is 10.7. The highest BCUT2D eigenvalue weighted by atomic mass is 35.5. The van der Waals surface area contributed by atoms with E-state index in [-0.39, 0.29) is 30.8 Å². The molecule has 1 atom stereocenters. The monoisotopic (exact) mass is 497 g/mol. The van der Waals surface area contributed by atoms with Gasteiger partial charge in [0, 0.05) is 23.3 Å². The van der Waals surface area contributed by atoms with Gasteiger partial charge in [0.2, 0.25) is 21.8 Å². The number of nitrogens with zero attached hydrogens (tertiary/aromatic N) is 2. The van der Waals surface area contributed by atoms with E-state index in [1.54, 1.807) is 32.0 Å². The summed E-state index contributed by atoms with van der Waals surface area (Å²) in [6.45, 7) is 4.92. The van der Waals surface area contributed by atoms with Crippen molar-refractivity contribution in [2.24, 2.45) is 0 Å². The van der Waals surface area contributed by atoms with Crippen molar-refractivity contribution in [2.45, 2.75) is 83.7 Å². The molecule has 0 radical (unpaired) electrons. The molecule has 7 nitrogen and oxygen atoms in total. The molecule has 1 aliphatic heterocycles. The van der Waals surface area contributed by atoms with Crippen LogP contribution in [0.1, 0.15) is 70.8 Å². The summed E-state index contributed by atoms with van der Waals surface area (Å²) in [6, 6.07) is 5.26. The van der Waals surface area contributed by atoms with Gasteiger partial charge in [-0.25, -0.2) is 8.42 Å². The summed E-state index contributed by atoms with van der Waals surface area (Å²) < 4.78 is 26.9. The Kier molecular flexibility index (Phi) is 8.45. The van der Waals surface area contributed by atoms with Gasteiger partial charge in [-0.05, 0) is 50.8 Å². The highest BCUT2D eigenvalue weighted by Crippen LogP contribution is 2.33. The maximum Gasteiger partial charge on any atom is 0.247 e. The van der Waals surface area contributed by atoms with Crippen LogP contribution in [-0.4, -0.2) is 55.0 Å². The molecule has 1 aliphatic carbocycles. The van der Waals surface area contributed by atoms with E-state index < -0.39 is 21.5 Å². The van der Waals surface area contributed by atoms with Crippen molar-refractivity contribution < 1.29 is 18.0 Å². The number of benzene rings is 1. The Bertz CT molecular complexity index is 976. The fraction of sp³-hybridized carbons (Fsp3) is 0.667. The largest absolute Gasteiger partial charge is 0.351 e. The first-order valence-electron chi connectivity index (χ1n) is 12.0. The van der Waals surface area contributed by atoms with Crippen LogP contribution in [0.3, 0.4) is 0 Å². The molecular formula is C24H36ClN3O4S. The first-order chi connectivity index (χ1) is 15.6. The fourth-order valence-electron chi connectivity index (χ4n) is 4.82. The lowest BCUT2D eigenvalue weighted by atomic mass is 9.92.